The molecule has 2 aromatic heterocycles. The Hall–Kier alpha value is -3.33. The summed E-state index contributed by atoms with van der Waals surface area (Å²) in [6.07, 6.45) is 3.14. The zero-order chi connectivity index (χ0) is 24.0. The minimum atomic E-state index is -0.405. The van der Waals surface area contributed by atoms with Crippen LogP contribution >= 0.6 is 0 Å². The number of morpholine rings is 1. The predicted molar refractivity (Wildman–Crippen MR) is 127 cm³/mol. The fourth-order valence-electron chi connectivity index (χ4n) is 4.80. The molecule has 0 radical (unpaired) electrons. The fraction of sp³-hybridized carbons (Fsp3) is 0.480. The van der Waals surface area contributed by atoms with Crippen LogP contribution in [0.25, 0.3) is 17.2 Å². The summed E-state index contributed by atoms with van der Waals surface area (Å²) < 4.78 is 19.4. The molecule has 1 saturated heterocycles. The molecule has 0 saturated carbocycles. The standard InChI is InChI=1S/C25H31N5O4/c1-15(2)34-21-13-19-16(12-20(21)32-5)6-7-18-22(24(31)29-10-11-33-14-25(29,3)4)27-23(30(18)19)17-8-9-26-28-17/h8-9,12-13,15H,6-7,10-11,14H2,1-5H3,(H,26,28). The van der Waals surface area contributed by atoms with E-state index in [9.17, 15) is 4.79 Å². The van der Waals surface area contributed by atoms with Gasteiger partial charge in [0.1, 0.15) is 5.69 Å². The van der Waals surface area contributed by atoms with E-state index in [1.807, 2.05) is 50.8 Å². The topological polar surface area (TPSA) is 94.5 Å². The van der Waals surface area contributed by atoms with E-state index < -0.39 is 5.54 Å². The molecule has 0 spiro atoms. The first-order valence-corrected chi connectivity index (χ1v) is 11.7. The van der Waals surface area contributed by atoms with Gasteiger partial charge in [0, 0.05) is 18.8 Å². The number of aryl methyl sites for hydroxylation is 1. The number of imidazole rings is 1. The molecule has 1 aromatic carbocycles. The maximum absolute atomic E-state index is 13.8. The largest absolute Gasteiger partial charge is 0.493 e. The Kier molecular flexibility index (Phi) is 5.59. The van der Waals surface area contributed by atoms with Crippen LogP contribution in [0.5, 0.6) is 11.5 Å². The summed E-state index contributed by atoms with van der Waals surface area (Å²) in [7, 11) is 1.65. The second-order valence-electron chi connectivity index (χ2n) is 9.66. The van der Waals surface area contributed by atoms with Crippen LogP contribution < -0.4 is 9.47 Å². The van der Waals surface area contributed by atoms with E-state index in [4.69, 9.17) is 19.2 Å². The molecule has 180 valence electrons. The van der Waals surface area contributed by atoms with E-state index in [1.165, 1.54) is 0 Å². The van der Waals surface area contributed by atoms with E-state index in [2.05, 4.69) is 14.8 Å². The van der Waals surface area contributed by atoms with Gasteiger partial charge >= 0.3 is 0 Å². The van der Waals surface area contributed by atoms with Gasteiger partial charge in [-0.05, 0) is 58.2 Å². The molecule has 1 amide bonds. The van der Waals surface area contributed by atoms with Crippen molar-refractivity contribution in [3.8, 4) is 28.7 Å². The third kappa shape index (κ3) is 3.73. The molecule has 0 aliphatic carbocycles. The highest BCUT2D eigenvalue weighted by molar-refractivity contribution is 5.95. The lowest BCUT2D eigenvalue weighted by molar-refractivity contribution is -0.0373. The number of rotatable bonds is 5. The zero-order valence-corrected chi connectivity index (χ0v) is 20.3. The molecule has 4 heterocycles. The summed E-state index contributed by atoms with van der Waals surface area (Å²) in [6, 6.07) is 5.89. The molecule has 9 heteroatoms. The number of hydrogen-bond acceptors (Lipinski definition) is 6. The quantitative estimate of drug-likeness (QED) is 0.621. The van der Waals surface area contributed by atoms with E-state index in [1.54, 1.807) is 13.3 Å². The Balaban J connectivity index is 1.69. The molecular weight excluding hydrogens is 434 g/mol. The smallest absolute Gasteiger partial charge is 0.274 e. The van der Waals surface area contributed by atoms with Crippen LogP contribution in [0.2, 0.25) is 0 Å². The van der Waals surface area contributed by atoms with Crippen molar-refractivity contribution in [3.63, 3.8) is 0 Å². The van der Waals surface area contributed by atoms with Gasteiger partial charge in [0.25, 0.3) is 5.91 Å². The molecule has 2 aliphatic rings. The summed E-state index contributed by atoms with van der Waals surface area (Å²) in [5, 5.41) is 7.14. The van der Waals surface area contributed by atoms with Crippen molar-refractivity contribution in [1.29, 1.82) is 0 Å². The van der Waals surface area contributed by atoms with Crippen molar-refractivity contribution in [1.82, 2.24) is 24.6 Å². The Bertz CT molecular complexity index is 1210. The van der Waals surface area contributed by atoms with Crippen LogP contribution in [0.1, 0.15) is 49.4 Å². The average Bonchev–Trinajstić information content (AvgIpc) is 3.45. The van der Waals surface area contributed by atoms with Gasteiger partial charge in [0.15, 0.2) is 23.0 Å². The van der Waals surface area contributed by atoms with Gasteiger partial charge in [-0.25, -0.2) is 4.98 Å². The van der Waals surface area contributed by atoms with E-state index in [-0.39, 0.29) is 12.0 Å². The van der Waals surface area contributed by atoms with E-state index in [0.717, 1.165) is 29.1 Å². The van der Waals surface area contributed by atoms with Crippen molar-refractivity contribution in [2.45, 2.75) is 52.2 Å². The molecule has 1 N–H and O–H groups in total. The monoisotopic (exact) mass is 465 g/mol. The molecule has 2 aliphatic heterocycles. The molecular formula is C25H31N5O4. The number of aromatic amines is 1. The number of benzene rings is 1. The van der Waals surface area contributed by atoms with Gasteiger partial charge in [-0.2, -0.15) is 5.10 Å². The number of nitrogens with one attached hydrogen (secondary N) is 1. The van der Waals surface area contributed by atoms with Crippen molar-refractivity contribution in [3.05, 3.63) is 41.3 Å². The lowest BCUT2D eigenvalue weighted by atomic mass is 9.98. The third-order valence-corrected chi connectivity index (χ3v) is 6.41. The maximum Gasteiger partial charge on any atom is 0.274 e. The number of amides is 1. The summed E-state index contributed by atoms with van der Waals surface area (Å²) >= 11 is 0. The van der Waals surface area contributed by atoms with E-state index >= 15 is 0 Å². The van der Waals surface area contributed by atoms with Crippen LogP contribution in [0.4, 0.5) is 0 Å². The van der Waals surface area contributed by atoms with Crippen LogP contribution in [0.3, 0.4) is 0 Å². The Labute approximate surface area is 199 Å². The lowest BCUT2D eigenvalue weighted by Gasteiger charge is -2.41. The third-order valence-electron chi connectivity index (χ3n) is 6.41. The first-order valence-electron chi connectivity index (χ1n) is 11.7. The number of H-pyrrole nitrogens is 1. The number of ether oxygens (including phenoxy) is 3. The molecule has 0 atom stereocenters. The van der Waals surface area contributed by atoms with Gasteiger partial charge in [-0.3, -0.25) is 14.5 Å². The van der Waals surface area contributed by atoms with Crippen molar-refractivity contribution in [2.75, 3.05) is 26.9 Å². The molecule has 5 rings (SSSR count). The van der Waals surface area contributed by atoms with Crippen molar-refractivity contribution >= 4 is 5.91 Å². The SMILES string of the molecule is COc1cc2c(cc1OC(C)C)-n1c(-c3ccn[nH]3)nc(C(=O)N3CCOCC3(C)C)c1CC2. The summed E-state index contributed by atoms with van der Waals surface area (Å²) in [4.78, 5) is 20.6. The molecule has 9 nitrogen and oxygen atoms in total. The van der Waals surface area contributed by atoms with Gasteiger partial charge in [0.05, 0.1) is 43.3 Å². The maximum atomic E-state index is 13.8. The highest BCUT2D eigenvalue weighted by Crippen LogP contribution is 2.40. The number of carbonyl (C=O) groups excluding carboxylic acids is 1. The Morgan fingerprint density at radius 1 is 1.24 bits per heavy atom. The number of fused-ring (bicyclic) bond motifs is 3. The Morgan fingerprint density at radius 2 is 2.06 bits per heavy atom. The second-order valence-corrected chi connectivity index (χ2v) is 9.66. The molecule has 1 fully saturated rings. The normalized spacial score (nSPS) is 16.8. The fourth-order valence-corrected chi connectivity index (χ4v) is 4.80. The lowest BCUT2D eigenvalue weighted by Crippen LogP contribution is -2.55. The summed E-state index contributed by atoms with van der Waals surface area (Å²) in [5.74, 6) is 1.95. The number of nitrogens with zero attached hydrogens (tertiary/aromatic N) is 4. The Morgan fingerprint density at radius 3 is 2.74 bits per heavy atom. The number of hydrogen-bond donors (Lipinski definition) is 1. The second kappa shape index (κ2) is 8.47. The predicted octanol–water partition coefficient (Wildman–Crippen LogP) is 3.41. The minimum absolute atomic E-state index is 0.00873. The first kappa shape index (κ1) is 22.5. The highest BCUT2D eigenvalue weighted by atomic mass is 16.5. The van der Waals surface area contributed by atoms with E-state index in [0.29, 0.717) is 49.2 Å². The molecule has 34 heavy (non-hydrogen) atoms. The number of methoxy groups -OCH3 is 1. The van der Waals surface area contributed by atoms with Crippen molar-refractivity contribution in [2.24, 2.45) is 0 Å². The summed E-state index contributed by atoms with van der Waals surface area (Å²) in [6.45, 7) is 9.59. The molecule has 0 bridgehead atoms. The van der Waals surface area contributed by atoms with Crippen LogP contribution in [-0.2, 0) is 17.6 Å². The van der Waals surface area contributed by atoms with Crippen LogP contribution in [-0.4, -0.2) is 69.1 Å². The summed E-state index contributed by atoms with van der Waals surface area (Å²) in [5.41, 5.74) is 3.77. The van der Waals surface area contributed by atoms with Gasteiger partial charge in [0.2, 0.25) is 0 Å². The molecule has 0 unspecified atom stereocenters. The van der Waals surface area contributed by atoms with Gasteiger partial charge in [-0.15, -0.1) is 0 Å². The number of carbonyl (C=O) groups is 1. The minimum Gasteiger partial charge on any atom is -0.493 e. The highest BCUT2D eigenvalue weighted by Gasteiger charge is 2.38. The van der Waals surface area contributed by atoms with Gasteiger partial charge in [-0.1, -0.05) is 0 Å². The number of aromatic nitrogens is 4. The van der Waals surface area contributed by atoms with Gasteiger partial charge < -0.3 is 19.1 Å². The van der Waals surface area contributed by atoms with Crippen molar-refractivity contribution < 1.29 is 19.0 Å². The average molecular weight is 466 g/mol. The van der Waals surface area contributed by atoms with Crippen LogP contribution in [0.15, 0.2) is 24.4 Å². The molecule has 3 aromatic rings. The zero-order valence-electron chi connectivity index (χ0n) is 20.3. The first-order chi connectivity index (χ1) is 16.3. The van der Waals surface area contributed by atoms with Crippen LogP contribution in [0, 0.1) is 0 Å².